The highest BCUT2D eigenvalue weighted by Gasteiger charge is 2.31. The first-order valence-electron chi connectivity index (χ1n) is 6.63. The van der Waals surface area contributed by atoms with Crippen LogP contribution < -0.4 is 5.32 Å². The van der Waals surface area contributed by atoms with Gasteiger partial charge in [0.1, 0.15) is 4.88 Å². The van der Waals surface area contributed by atoms with Crippen molar-refractivity contribution in [2.45, 2.75) is 51.5 Å². The lowest BCUT2D eigenvalue weighted by atomic mass is 9.91. The number of halogens is 1. The number of carbonyl (C=O) groups excluding carboxylic acids is 1. The fourth-order valence-electron chi connectivity index (χ4n) is 2.48. The van der Waals surface area contributed by atoms with Gasteiger partial charge in [-0.15, -0.1) is 16.7 Å². The molecule has 1 saturated carbocycles. The Kier molecular flexibility index (Phi) is 4.46. The van der Waals surface area contributed by atoms with Crippen LogP contribution in [0.1, 0.15) is 55.4 Å². The van der Waals surface area contributed by atoms with Gasteiger partial charge in [0.25, 0.3) is 5.91 Å². The highest BCUT2D eigenvalue weighted by atomic mass is 35.5. The molecule has 106 valence electrons. The summed E-state index contributed by atoms with van der Waals surface area (Å²) in [6.45, 7) is 6.12. The number of amides is 1. The average Bonchev–Trinajstić information content (AvgIpc) is 2.95. The third kappa shape index (κ3) is 3.26. The van der Waals surface area contributed by atoms with Crippen LogP contribution in [0, 0.1) is 5.92 Å². The second kappa shape index (κ2) is 5.75. The summed E-state index contributed by atoms with van der Waals surface area (Å²) in [7, 11) is 0. The molecule has 1 aromatic heterocycles. The van der Waals surface area contributed by atoms with Crippen LogP contribution in [0.5, 0.6) is 0 Å². The van der Waals surface area contributed by atoms with Gasteiger partial charge in [0.2, 0.25) is 0 Å². The molecular weight excluding hydrogens is 282 g/mol. The van der Waals surface area contributed by atoms with Crippen LogP contribution in [0.4, 0.5) is 0 Å². The van der Waals surface area contributed by atoms with Crippen molar-refractivity contribution in [3.63, 3.8) is 0 Å². The van der Waals surface area contributed by atoms with E-state index in [1.807, 2.05) is 20.8 Å². The quantitative estimate of drug-likeness (QED) is 0.873. The van der Waals surface area contributed by atoms with Gasteiger partial charge < -0.3 is 5.32 Å². The van der Waals surface area contributed by atoms with E-state index in [1.54, 1.807) is 0 Å². The molecule has 0 radical (unpaired) electrons. The predicted molar refractivity (Wildman–Crippen MR) is 77.9 cm³/mol. The number of nitrogens with one attached hydrogen (secondary N) is 1. The van der Waals surface area contributed by atoms with Crippen molar-refractivity contribution in [1.29, 1.82) is 0 Å². The SMILES string of the molecule is CC(C)(C)c1nnsc1C(=O)NC1CCCC1CCl. The van der Waals surface area contributed by atoms with Crippen LogP contribution >= 0.6 is 23.1 Å². The minimum absolute atomic E-state index is 0.0538. The van der Waals surface area contributed by atoms with Crippen LogP contribution in [-0.4, -0.2) is 27.4 Å². The van der Waals surface area contributed by atoms with E-state index in [1.165, 1.54) is 11.5 Å². The van der Waals surface area contributed by atoms with Crippen LogP contribution in [0.25, 0.3) is 0 Å². The molecule has 1 aliphatic carbocycles. The number of carbonyl (C=O) groups is 1. The average molecular weight is 302 g/mol. The summed E-state index contributed by atoms with van der Waals surface area (Å²) in [5.74, 6) is 0.949. The number of rotatable bonds is 3. The Morgan fingerprint density at radius 1 is 1.47 bits per heavy atom. The zero-order chi connectivity index (χ0) is 14.0. The van der Waals surface area contributed by atoms with Crippen molar-refractivity contribution in [2.24, 2.45) is 5.92 Å². The molecule has 0 saturated heterocycles. The summed E-state index contributed by atoms with van der Waals surface area (Å²) in [6.07, 6.45) is 3.25. The Bertz CT molecular complexity index is 455. The maximum absolute atomic E-state index is 12.4. The molecule has 0 spiro atoms. The van der Waals surface area contributed by atoms with Crippen LogP contribution in [0.3, 0.4) is 0 Å². The van der Waals surface area contributed by atoms with Crippen molar-refractivity contribution in [3.05, 3.63) is 10.6 Å². The zero-order valence-electron chi connectivity index (χ0n) is 11.6. The molecule has 2 atom stereocenters. The van der Waals surface area contributed by atoms with Gasteiger partial charge in [0.15, 0.2) is 0 Å². The van der Waals surface area contributed by atoms with Crippen molar-refractivity contribution in [1.82, 2.24) is 14.9 Å². The zero-order valence-corrected chi connectivity index (χ0v) is 13.1. The molecule has 0 bridgehead atoms. The molecule has 1 fully saturated rings. The molecule has 1 aliphatic rings. The highest BCUT2D eigenvalue weighted by molar-refractivity contribution is 7.08. The Labute approximate surface area is 123 Å². The molecule has 4 nitrogen and oxygen atoms in total. The minimum atomic E-state index is -0.165. The van der Waals surface area contributed by atoms with Gasteiger partial charge in [0.05, 0.1) is 5.69 Å². The topological polar surface area (TPSA) is 54.9 Å². The monoisotopic (exact) mass is 301 g/mol. The fraction of sp³-hybridized carbons (Fsp3) is 0.769. The smallest absolute Gasteiger partial charge is 0.265 e. The number of alkyl halides is 1. The summed E-state index contributed by atoms with van der Waals surface area (Å²) < 4.78 is 3.93. The second-order valence-corrected chi connectivity index (χ2v) is 7.19. The van der Waals surface area contributed by atoms with Crippen molar-refractivity contribution >= 4 is 29.0 Å². The maximum Gasteiger partial charge on any atom is 0.265 e. The normalized spacial score (nSPS) is 23.6. The third-order valence-electron chi connectivity index (χ3n) is 3.58. The molecule has 1 N–H and O–H groups in total. The molecule has 2 rings (SSSR count). The first kappa shape index (κ1) is 14.7. The van der Waals surface area contributed by atoms with Crippen molar-refractivity contribution < 1.29 is 4.79 Å². The van der Waals surface area contributed by atoms with Crippen LogP contribution in [0.15, 0.2) is 0 Å². The Morgan fingerprint density at radius 3 is 2.84 bits per heavy atom. The lowest BCUT2D eigenvalue weighted by Crippen LogP contribution is -2.38. The molecule has 1 amide bonds. The number of aromatic nitrogens is 2. The van der Waals surface area contributed by atoms with Gasteiger partial charge in [-0.1, -0.05) is 31.7 Å². The molecule has 19 heavy (non-hydrogen) atoms. The van der Waals surface area contributed by atoms with E-state index >= 15 is 0 Å². The number of hydrogen-bond donors (Lipinski definition) is 1. The van der Waals surface area contributed by atoms with Gasteiger partial charge >= 0.3 is 0 Å². The molecule has 6 heteroatoms. The molecule has 2 unspecified atom stereocenters. The first-order valence-corrected chi connectivity index (χ1v) is 7.94. The molecule has 1 heterocycles. The van der Waals surface area contributed by atoms with E-state index < -0.39 is 0 Å². The number of nitrogens with zero attached hydrogens (tertiary/aromatic N) is 2. The van der Waals surface area contributed by atoms with E-state index in [0.717, 1.165) is 25.0 Å². The largest absolute Gasteiger partial charge is 0.348 e. The second-order valence-electron chi connectivity index (χ2n) is 6.13. The van der Waals surface area contributed by atoms with Gasteiger partial charge in [-0.2, -0.15) is 0 Å². The lowest BCUT2D eigenvalue weighted by Gasteiger charge is -2.20. The van der Waals surface area contributed by atoms with E-state index in [2.05, 4.69) is 14.9 Å². The van der Waals surface area contributed by atoms with E-state index in [9.17, 15) is 4.79 Å². The van der Waals surface area contributed by atoms with Gasteiger partial charge in [-0.25, -0.2) is 0 Å². The van der Waals surface area contributed by atoms with Crippen LogP contribution in [-0.2, 0) is 5.41 Å². The molecule has 0 aliphatic heterocycles. The Morgan fingerprint density at radius 2 is 2.21 bits per heavy atom. The Balaban J connectivity index is 2.11. The summed E-state index contributed by atoms with van der Waals surface area (Å²) in [6, 6.07) is 0.194. The van der Waals surface area contributed by atoms with E-state index in [0.29, 0.717) is 16.7 Å². The van der Waals surface area contributed by atoms with E-state index in [4.69, 9.17) is 11.6 Å². The Hall–Kier alpha value is -0.680. The van der Waals surface area contributed by atoms with Crippen molar-refractivity contribution in [3.8, 4) is 0 Å². The summed E-state index contributed by atoms with van der Waals surface area (Å²) in [4.78, 5) is 13.0. The summed E-state index contributed by atoms with van der Waals surface area (Å²) in [5.41, 5.74) is 0.608. The molecular formula is C13H20ClN3OS. The predicted octanol–water partition coefficient (Wildman–Crippen LogP) is 2.97. The van der Waals surface area contributed by atoms with E-state index in [-0.39, 0.29) is 17.4 Å². The van der Waals surface area contributed by atoms with Crippen LogP contribution in [0.2, 0.25) is 0 Å². The van der Waals surface area contributed by atoms with Gasteiger partial charge in [0, 0.05) is 17.3 Å². The molecule has 1 aromatic rings. The van der Waals surface area contributed by atoms with Gasteiger partial charge in [-0.3, -0.25) is 4.79 Å². The van der Waals surface area contributed by atoms with Gasteiger partial charge in [-0.05, 0) is 30.3 Å². The fourth-order valence-corrected chi connectivity index (χ4v) is 3.62. The molecule has 0 aromatic carbocycles. The first-order chi connectivity index (χ1) is 8.93. The summed E-state index contributed by atoms with van der Waals surface area (Å²) >= 11 is 7.11. The summed E-state index contributed by atoms with van der Waals surface area (Å²) in [5, 5.41) is 7.21. The minimum Gasteiger partial charge on any atom is -0.348 e. The standard InChI is InChI=1S/C13H20ClN3OS/c1-13(2,3)11-10(19-17-16-11)12(18)15-9-6-4-5-8(9)7-14/h8-9H,4-7H2,1-3H3,(H,15,18). The van der Waals surface area contributed by atoms with Crippen molar-refractivity contribution in [2.75, 3.05) is 5.88 Å². The highest BCUT2D eigenvalue weighted by Crippen LogP contribution is 2.29. The maximum atomic E-state index is 12.4. The third-order valence-corrected chi connectivity index (χ3v) is 4.70. The lowest BCUT2D eigenvalue weighted by molar-refractivity contribution is 0.0932. The number of hydrogen-bond acceptors (Lipinski definition) is 4.